The van der Waals surface area contributed by atoms with Gasteiger partial charge in [0.05, 0.1) is 11.3 Å². The van der Waals surface area contributed by atoms with Crippen LogP contribution in [0.3, 0.4) is 0 Å². The van der Waals surface area contributed by atoms with Gasteiger partial charge in [0.1, 0.15) is 11.4 Å². The number of alkyl halides is 3. The summed E-state index contributed by atoms with van der Waals surface area (Å²) in [5.41, 5.74) is -0.690. The number of halogens is 3. The number of amides is 1. The monoisotopic (exact) mass is 338 g/mol. The van der Waals surface area contributed by atoms with Gasteiger partial charge in [-0.2, -0.15) is 13.2 Å². The molecule has 2 rings (SSSR count). The van der Waals surface area contributed by atoms with E-state index in [1.54, 1.807) is 0 Å². The fraction of sp³-hybridized carbons (Fsp3) is 0.188. The van der Waals surface area contributed by atoms with Gasteiger partial charge in [0, 0.05) is 12.6 Å². The van der Waals surface area contributed by atoms with Crippen LogP contribution < -0.4 is 10.1 Å². The van der Waals surface area contributed by atoms with E-state index in [0.29, 0.717) is 5.69 Å². The number of ether oxygens (including phenoxy) is 1. The van der Waals surface area contributed by atoms with Crippen LogP contribution in [0.15, 0.2) is 36.4 Å². The number of hydrogen-bond acceptors (Lipinski definition) is 4. The van der Waals surface area contributed by atoms with Crippen molar-refractivity contribution in [3.63, 3.8) is 0 Å². The van der Waals surface area contributed by atoms with Crippen molar-refractivity contribution in [1.82, 2.24) is 4.98 Å². The highest BCUT2D eigenvalue weighted by molar-refractivity contribution is 5.92. The number of nitrogens with zero attached hydrogens (tertiary/aromatic N) is 1. The summed E-state index contributed by atoms with van der Waals surface area (Å²) in [6.07, 6.45) is -4.58. The van der Waals surface area contributed by atoms with E-state index in [9.17, 15) is 22.8 Å². The number of carbonyl (C=O) groups is 2. The van der Waals surface area contributed by atoms with Crippen LogP contribution in [0.25, 0.3) is 0 Å². The van der Waals surface area contributed by atoms with E-state index in [4.69, 9.17) is 4.74 Å². The molecule has 126 valence electrons. The summed E-state index contributed by atoms with van der Waals surface area (Å²) in [7, 11) is 0. The molecule has 2 aromatic rings. The second kappa shape index (κ2) is 6.69. The molecule has 0 saturated heterocycles. The number of carbonyl (C=O) groups excluding carboxylic acids is 2. The number of esters is 1. The Hall–Kier alpha value is -2.90. The highest BCUT2D eigenvalue weighted by atomic mass is 19.4. The molecule has 1 heterocycles. The van der Waals surface area contributed by atoms with E-state index in [0.717, 1.165) is 12.1 Å². The van der Waals surface area contributed by atoms with Crippen LogP contribution in [-0.2, 0) is 11.0 Å². The number of benzene rings is 1. The lowest BCUT2D eigenvalue weighted by atomic mass is 10.2. The topological polar surface area (TPSA) is 68.3 Å². The van der Waals surface area contributed by atoms with Crippen molar-refractivity contribution < 1.29 is 27.5 Å². The van der Waals surface area contributed by atoms with Crippen molar-refractivity contribution in [2.45, 2.75) is 20.0 Å². The Kier molecular flexibility index (Phi) is 4.87. The molecule has 0 aliphatic carbocycles. The molecule has 0 spiro atoms. The zero-order valence-electron chi connectivity index (χ0n) is 12.8. The molecule has 0 bridgehead atoms. The molecule has 0 aliphatic heterocycles. The SMILES string of the molecule is CC(=O)Nc1ccc(OC(=O)c2ccc(C(F)(F)F)nc2C)cc1. The number of hydrogen-bond donors (Lipinski definition) is 1. The first kappa shape index (κ1) is 17.5. The number of anilines is 1. The predicted molar refractivity (Wildman–Crippen MR) is 79.7 cm³/mol. The first-order valence-electron chi connectivity index (χ1n) is 6.81. The molecule has 24 heavy (non-hydrogen) atoms. The molecule has 1 aromatic carbocycles. The molecule has 1 N–H and O–H groups in total. The first-order valence-corrected chi connectivity index (χ1v) is 6.81. The highest BCUT2D eigenvalue weighted by Gasteiger charge is 2.33. The van der Waals surface area contributed by atoms with Gasteiger partial charge in [-0.3, -0.25) is 4.79 Å². The third-order valence-corrected chi connectivity index (χ3v) is 2.98. The van der Waals surface area contributed by atoms with Crippen molar-refractivity contribution in [3.8, 4) is 5.75 Å². The van der Waals surface area contributed by atoms with E-state index < -0.39 is 17.8 Å². The van der Waals surface area contributed by atoms with Crippen LogP contribution >= 0.6 is 0 Å². The number of nitrogens with one attached hydrogen (secondary N) is 1. The Bertz CT molecular complexity index is 771. The maximum atomic E-state index is 12.6. The van der Waals surface area contributed by atoms with Gasteiger partial charge < -0.3 is 10.1 Å². The standard InChI is InChI=1S/C16H13F3N2O3/c1-9-13(7-8-14(20-9)16(17,18)19)15(23)24-12-5-3-11(4-6-12)21-10(2)22/h3-8H,1-2H3,(H,21,22). The Morgan fingerprint density at radius 1 is 1.08 bits per heavy atom. The molecular formula is C16H13F3N2O3. The first-order chi connectivity index (χ1) is 11.2. The van der Waals surface area contributed by atoms with Gasteiger partial charge in [-0.1, -0.05) is 0 Å². The van der Waals surface area contributed by atoms with Gasteiger partial charge in [0.2, 0.25) is 5.91 Å². The summed E-state index contributed by atoms with van der Waals surface area (Å²) in [6.45, 7) is 2.65. The van der Waals surface area contributed by atoms with Crippen LogP contribution in [0.2, 0.25) is 0 Å². The molecule has 1 aromatic heterocycles. The summed E-state index contributed by atoms with van der Waals surface area (Å²) in [5, 5.41) is 2.55. The van der Waals surface area contributed by atoms with Crippen LogP contribution in [0.4, 0.5) is 18.9 Å². The molecule has 0 atom stereocenters. The zero-order chi connectivity index (χ0) is 17.9. The summed E-state index contributed by atoms with van der Waals surface area (Å²) in [4.78, 5) is 26.3. The quantitative estimate of drug-likeness (QED) is 0.686. The molecule has 5 nitrogen and oxygen atoms in total. The van der Waals surface area contributed by atoms with Crippen molar-refractivity contribution in [1.29, 1.82) is 0 Å². The van der Waals surface area contributed by atoms with Crippen LogP contribution in [0.5, 0.6) is 5.75 Å². The number of aryl methyl sites for hydroxylation is 1. The van der Waals surface area contributed by atoms with Crippen molar-refractivity contribution >= 4 is 17.6 Å². The fourth-order valence-corrected chi connectivity index (χ4v) is 1.91. The molecule has 8 heteroatoms. The van der Waals surface area contributed by atoms with Gasteiger partial charge in [0.25, 0.3) is 0 Å². The van der Waals surface area contributed by atoms with Gasteiger partial charge in [-0.15, -0.1) is 0 Å². The molecule has 0 radical (unpaired) electrons. The van der Waals surface area contributed by atoms with Crippen molar-refractivity contribution in [2.24, 2.45) is 0 Å². The Labute approximate surface area is 135 Å². The lowest BCUT2D eigenvalue weighted by Crippen LogP contribution is -2.15. The second-order valence-corrected chi connectivity index (χ2v) is 4.92. The summed E-state index contributed by atoms with van der Waals surface area (Å²) in [5.74, 6) is -0.874. The highest BCUT2D eigenvalue weighted by Crippen LogP contribution is 2.28. The van der Waals surface area contributed by atoms with Crippen molar-refractivity contribution in [3.05, 3.63) is 53.3 Å². The van der Waals surface area contributed by atoms with E-state index in [1.165, 1.54) is 38.1 Å². The molecule has 0 unspecified atom stereocenters. The maximum Gasteiger partial charge on any atom is 0.433 e. The summed E-state index contributed by atoms with van der Waals surface area (Å²) >= 11 is 0. The molecular weight excluding hydrogens is 325 g/mol. The Morgan fingerprint density at radius 2 is 1.71 bits per heavy atom. The van der Waals surface area contributed by atoms with Gasteiger partial charge in [-0.05, 0) is 43.3 Å². The average molecular weight is 338 g/mol. The third-order valence-electron chi connectivity index (χ3n) is 2.98. The smallest absolute Gasteiger partial charge is 0.423 e. The number of rotatable bonds is 3. The second-order valence-electron chi connectivity index (χ2n) is 4.92. The largest absolute Gasteiger partial charge is 0.433 e. The van der Waals surface area contributed by atoms with Crippen molar-refractivity contribution in [2.75, 3.05) is 5.32 Å². The Balaban J connectivity index is 2.13. The van der Waals surface area contributed by atoms with E-state index >= 15 is 0 Å². The zero-order valence-corrected chi connectivity index (χ0v) is 12.8. The van der Waals surface area contributed by atoms with Crippen LogP contribution in [0.1, 0.15) is 28.7 Å². The molecule has 0 aliphatic rings. The minimum atomic E-state index is -4.58. The van der Waals surface area contributed by atoms with Crippen LogP contribution in [0, 0.1) is 6.92 Å². The van der Waals surface area contributed by atoms with E-state index in [-0.39, 0.29) is 22.9 Å². The summed E-state index contributed by atoms with van der Waals surface area (Å²) < 4.78 is 42.8. The molecule has 0 saturated carbocycles. The Morgan fingerprint density at radius 3 is 2.21 bits per heavy atom. The minimum absolute atomic E-state index is 0.0612. The normalized spacial score (nSPS) is 11.0. The van der Waals surface area contributed by atoms with Crippen LogP contribution in [-0.4, -0.2) is 16.9 Å². The van der Waals surface area contributed by atoms with E-state index in [1.807, 2.05) is 0 Å². The van der Waals surface area contributed by atoms with Gasteiger partial charge in [-0.25, -0.2) is 9.78 Å². The average Bonchev–Trinajstić information content (AvgIpc) is 2.47. The fourth-order valence-electron chi connectivity index (χ4n) is 1.91. The van der Waals surface area contributed by atoms with Gasteiger partial charge >= 0.3 is 12.1 Å². The maximum absolute atomic E-state index is 12.6. The summed E-state index contributed by atoms with van der Waals surface area (Å²) in [6, 6.07) is 7.72. The van der Waals surface area contributed by atoms with E-state index in [2.05, 4.69) is 10.3 Å². The number of aromatic nitrogens is 1. The predicted octanol–water partition coefficient (Wildman–Crippen LogP) is 3.59. The number of pyridine rings is 1. The lowest BCUT2D eigenvalue weighted by molar-refractivity contribution is -0.141. The lowest BCUT2D eigenvalue weighted by Gasteiger charge is -2.10. The minimum Gasteiger partial charge on any atom is -0.423 e. The molecule has 1 amide bonds. The molecule has 0 fully saturated rings. The third kappa shape index (κ3) is 4.31. The van der Waals surface area contributed by atoms with Gasteiger partial charge in [0.15, 0.2) is 0 Å².